The highest BCUT2D eigenvalue weighted by atomic mass is 32.2. The zero-order chi connectivity index (χ0) is 15.5. The Kier molecular flexibility index (Phi) is 4.76. The van der Waals surface area contributed by atoms with E-state index in [0.29, 0.717) is 5.69 Å². The van der Waals surface area contributed by atoms with Crippen molar-refractivity contribution in [3.63, 3.8) is 0 Å². The number of aryl methyl sites for hydroxylation is 1. The second-order valence-corrected chi connectivity index (χ2v) is 6.99. The molecule has 1 unspecified atom stereocenters. The number of carbonyl (C=O) groups excluding carboxylic acids is 1. The number of sulfonamides is 1. The summed E-state index contributed by atoms with van der Waals surface area (Å²) >= 11 is 1.37. The molecule has 0 saturated heterocycles. The maximum Gasteiger partial charge on any atom is 0.307 e. The molecule has 2 N–H and O–H groups in total. The summed E-state index contributed by atoms with van der Waals surface area (Å²) in [5, 5.41) is 8.09. The van der Waals surface area contributed by atoms with Crippen LogP contribution < -0.4 is 4.72 Å². The molecule has 114 valence electrons. The fourth-order valence-electron chi connectivity index (χ4n) is 1.80. The Balaban J connectivity index is 2.27. The summed E-state index contributed by atoms with van der Waals surface area (Å²) in [6.07, 6.45) is 1.16. The Morgan fingerprint density at radius 2 is 2.33 bits per heavy atom. The maximum absolute atomic E-state index is 12.4. The van der Waals surface area contributed by atoms with E-state index in [1.54, 1.807) is 19.1 Å². The van der Waals surface area contributed by atoms with E-state index < -0.39 is 22.0 Å². The number of H-pyrrole nitrogens is 1. The molecule has 0 aromatic carbocycles. The van der Waals surface area contributed by atoms with E-state index >= 15 is 0 Å². The third-order valence-electron chi connectivity index (χ3n) is 2.86. The van der Waals surface area contributed by atoms with Crippen LogP contribution in [0.3, 0.4) is 0 Å². The van der Waals surface area contributed by atoms with Gasteiger partial charge in [0.1, 0.15) is 4.90 Å². The summed E-state index contributed by atoms with van der Waals surface area (Å²) in [7, 11) is -2.51. The molecule has 2 rings (SSSR count). The summed E-state index contributed by atoms with van der Waals surface area (Å²) < 4.78 is 31.9. The fourth-order valence-corrected chi connectivity index (χ4v) is 4.01. The van der Waals surface area contributed by atoms with Gasteiger partial charge >= 0.3 is 5.97 Å². The number of nitrogens with zero attached hydrogens (tertiary/aromatic N) is 1. The minimum Gasteiger partial charge on any atom is -0.469 e. The van der Waals surface area contributed by atoms with Gasteiger partial charge in [-0.2, -0.15) is 5.10 Å². The smallest absolute Gasteiger partial charge is 0.307 e. The second kappa shape index (κ2) is 6.37. The Labute approximate surface area is 126 Å². The van der Waals surface area contributed by atoms with Crippen molar-refractivity contribution in [2.45, 2.75) is 24.3 Å². The normalized spacial score (nSPS) is 13.0. The van der Waals surface area contributed by atoms with Gasteiger partial charge in [0.2, 0.25) is 10.0 Å². The molecule has 0 fully saturated rings. The third kappa shape index (κ3) is 3.69. The second-order valence-electron chi connectivity index (χ2n) is 4.33. The van der Waals surface area contributed by atoms with Gasteiger partial charge < -0.3 is 4.74 Å². The highest BCUT2D eigenvalue weighted by Gasteiger charge is 2.26. The standard InChI is InChI=1S/C12H15N3O4S2/c1-8-11(7-13-14-8)21(17,18)15-9(6-12(16)19-2)10-4-3-5-20-10/h3-5,7,9,15H,6H2,1-2H3,(H,13,14). The van der Waals surface area contributed by atoms with E-state index in [2.05, 4.69) is 19.7 Å². The van der Waals surface area contributed by atoms with Gasteiger partial charge in [0, 0.05) is 4.88 Å². The lowest BCUT2D eigenvalue weighted by Crippen LogP contribution is -2.30. The van der Waals surface area contributed by atoms with Crippen molar-refractivity contribution in [1.82, 2.24) is 14.9 Å². The zero-order valence-corrected chi connectivity index (χ0v) is 13.1. The lowest BCUT2D eigenvalue weighted by molar-refractivity contribution is -0.141. The van der Waals surface area contributed by atoms with E-state index in [0.717, 1.165) is 4.88 Å². The number of hydrogen-bond donors (Lipinski definition) is 2. The third-order valence-corrected chi connectivity index (χ3v) is 5.43. The van der Waals surface area contributed by atoms with Crippen LogP contribution in [0.2, 0.25) is 0 Å². The van der Waals surface area contributed by atoms with E-state index in [9.17, 15) is 13.2 Å². The van der Waals surface area contributed by atoms with E-state index in [1.807, 2.05) is 5.38 Å². The molecule has 0 spiro atoms. The Hall–Kier alpha value is -1.71. The summed E-state index contributed by atoms with van der Waals surface area (Å²) in [6.45, 7) is 1.61. The van der Waals surface area contributed by atoms with Crippen molar-refractivity contribution >= 4 is 27.3 Å². The molecule has 0 bridgehead atoms. The molecule has 0 aliphatic rings. The maximum atomic E-state index is 12.4. The first-order valence-corrected chi connectivity index (χ1v) is 8.43. The first kappa shape index (κ1) is 15.7. The van der Waals surface area contributed by atoms with Gasteiger partial charge in [-0.3, -0.25) is 9.89 Å². The number of nitrogens with one attached hydrogen (secondary N) is 2. The van der Waals surface area contributed by atoms with Crippen molar-refractivity contribution in [1.29, 1.82) is 0 Å². The molecule has 2 heterocycles. The van der Waals surface area contributed by atoms with Crippen molar-refractivity contribution in [2.75, 3.05) is 7.11 Å². The Morgan fingerprint density at radius 1 is 1.57 bits per heavy atom. The SMILES string of the molecule is COC(=O)CC(NS(=O)(=O)c1cn[nH]c1C)c1cccs1. The fraction of sp³-hybridized carbons (Fsp3) is 0.333. The van der Waals surface area contributed by atoms with Crippen LogP contribution in [0.25, 0.3) is 0 Å². The van der Waals surface area contributed by atoms with Crippen LogP contribution in [0.1, 0.15) is 23.0 Å². The number of esters is 1. The summed E-state index contributed by atoms with van der Waals surface area (Å²) in [5.74, 6) is -0.486. The van der Waals surface area contributed by atoms with Crippen LogP contribution in [-0.2, 0) is 19.6 Å². The minimum atomic E-state index is -3.77. The molecule has 0 aliphatic heterocycles. The molecular formula is C12H15N3O4S2. The Bertz CT molecular complexity index is 707. The molecule has 0 aliphatic carbocycles. The molecule has 0 radical (unpaired) electrons. The number of thiophene rings is 1. The first-order valence-electron chi connectivity index (χ1n) is 6.06. The highest BCUT2D eigenvalue weighted by molar-refractivity contribution is 7.89. The monoisotopic (exact) mass is 329 g/mol. The Morgan fingerprint density at radius 3 is 2.86 bits per heavy atom. The predicted octanol–water partition coefficient (Wildman–Crippen LogP) is 1.36. The van der Waals surface area contributed by atoms with Crippen molar-refractivity contribution in [2.24, 2.45) is 0 Å². The number of aromatic amines is 1. The zero-order valence-electron chi connectivity index (χ0n) is 11.5. The van der Waals surface area contributed by atoms with Crippen LogP contribution in [0.4, 0.5) is 0 Å². The topological polar surface area (TPSA) is 101 Å². The molecule has 1 atom stereocenters. The number of aromatic nitrogens is 2. The summed E-state index contributed by atoms with van der Waals surface area (Å²) in [5.41, 5.74) is 0.436. The predicted molar refractivity (Wildman–Crippen MR) is 77.3 cm³/mol. The highest BCUT2D eigenvalue weighted by Crippen LogP contribution is 2.25. The largest absolute Gasteiger partial charge is 0.469 e. The van der Waals surface area contributed by atoms with Gasteiger partial charge in [-0.25, -0.2) is 13.1 Å². The van der Waals surface area contributed by atoms with Crippen LogP contribution in [-0.4, -0.2) is 31.7 Å². The molecule has 0 amide bonds. The van der Waals surface area contributed by atoms with Gasteiger partial charge in [-0.1, -0.05) is 6.07 Å². The molecular weight excluding hydrogens is 314 g/mol. The lowest BCUT2D eigenvalue weighted by atomic mass is 10.2. The number of ether oxygens (including phenoxy) is 1. The van der Waals surface area contributed by atoms with E-state index in [-0.39, 0.29) is 11.3 Å². The molecule has 9 heteroatoms. The quantitative estimate of drug-likeness (QED) is 0.779. The van der Waals surface area contributed by atoms with Crippen LogP contribution >= 0.6 is 11.3 Å². The van der Waals surface area contributed by atoms with Gasteiger partial charge in [0.15, 0.2) is 0 Å². The van der Waals surface area contributed by atoms with Crippen molar-refractivity contribution < 1.29 is 17.9 Å². The summed E-state index contributed by atoms with van der Waals surface area (Å²) in [6, 6.07) is 2.89. The van der Waals surface area contributed by atoms with Gasteiger partial charge in [-0.15, -0.1) is 11.3 Å². The molecule has 7 nitrogen and oxygen atoms in total. The van der Waals surface area contributed by atoms with Crippen LogP contribution in [0.5, 0.6) is 0 Å². The number of rotatable bonds is 6. The van der Waals surface area contributed by atoms with E-state index in [1.165, 1.54) is 24.6 Å². The van der Waals surface area contributed by atoms with Crippen LogP contribution in [0, 0.1) is 6.92 Å². The molecule has 21 heavy (non-hydrogen) atoms. The van der Waals surface area contributed by atoms with Crippen molar-refractivity contribution in [3.05, 3.63) is 34.3 Å². The average molecular weight is 329 g/mol. The van der Waals surface area contributed by atoms with Gasteiger partial charge in [0.25, 0.3) is 0 Å². The van der Waals surface area contributed by atoms with Gasteiger partial charge in [0.05, 0.1) is 31.5 Å². The average Bonchev–Trinajstić information content (AvgIpc) is 3.08. The van der Waals surface area contributed by atoms with Gasteiger partial charge in [-0.05, 0) is 18.4 Å². The molecule has 2 aromatic rings. The summed E-state index contributed by atoms with van der Waals surface area (Å²) in [4.78, 5) is 12.3. The van der Waals surface area contributed by atoms with Crippen molar-refractivity contribution in [3.8, 4) is 0 Å². The molecule has 0 saturated carbocycles. The van der Waals surface area contributed by atoms with E-state index in [4.69, 9.17) is 0 Å². The number of methoxy groups -OCH3 is 1. The first-order chi connectivity index (χ1) is 9.94. The minimum absolute atomic E-state index is 0.0638. The number of hydrogen-bond acceptors (Lipinski definition) is 6. The number of carbonyl (C=O) groups is 1. The molecule has 2 aromatic heterocycles. The lowest BCUT2D eigenvalue weighted by Gasteiger charge is -2.16. The van der Waals surface area contributed by atoms with Crippen LogP contribution in [0.15, 0.2) is 28.6 Å².